The number of thioether (sulfide) groups is 1. The first-order valence-corrected chi connectivity index (χ1v) is 7.95. The standard InChI is InChI=1S/C15H23NOS/c17-11-6-2-5-9-16-10-12-18-15(13-16)14-7-3-1-4-8-14/h1,3-4,7-8,15,17H,2,5-6,9-13H2/t15-/m0/s1. The molecular formula is C15H23NOS. The highest BCUT2D eigenvalue weighted by molar-refractivity contribution is 7.99. The molecule has 0 bridgehead atoms. The zero-order chi connectivity index (χ0) is 12.6. The molecule has 1 aliphatic heterocycles. The van der Waals surface area contributed by atoms with Crippen molar-refractivity contribution in [1.29, 1.82) is 0 Å². The Balaban J connectivity index is 1.78. The quantitative estimate of drug-likeness (QED) is 0.800. The lowest BCUT2D eigenvalue weighted by Crippen LogP contribution is -2.35. The van der Waals surface area contributed by atoms with E-state index in [2.05, 4.69) is 47.0 Å². The lowest BCUT2D eigenvalue weighted by Gasteiger charge is -2.32. The Morgan fingerprint density at radius 1 is 1.17 bits per heavy atom. The minimum Gasteiger partial charge on any atom is -0.396 e. The van der Waals surface area contributed by atoms with Crippen LogP contribution in [0.15, 0.2) is 30.3 Å². The van der Waals surface area contributed by atoms with Crippen LogP contribution in [0.5, 0.6) is 0 Å². The smallest absolute Gasteiger partial charge is 0.0431 e. The van der Waals surface area contributed by atoms with E-state index in [0.717, 1.165) is 12.8 Å². The van der Waals surface area contributed by atoms with Gasteiger partial charge in [-0.15, -0.1) is 0 Å². The first kappa shape index (κ1) is 13.9. The summed E-state index contributed by atoms with van der Waals surface area (Å²) in [5.74, 6) is 1.24. The van der Waals surface area contributed by atoms with Gasteiger partial charge in [-0.2, -0.15) is 11.8 Å². The van der Waals surface area contributed by atoms with Crippen molar-refractivity contribution in [3.05, 3.63) is 35.9 Å². The van der Waals surface area contributed by atoms with Crippen LogP contribution in [0.2, 0.25) is 0 Å². The highest BCUT2D eigenvalue weighted by Crippen LogP contribution is 2.32. The van der Waals surface area contributed by atoms with Gasteiger partial charge < -0.3 is 10.0 Å². The number of aliphatic hydroxyl groups is 1. The molecule has 18 heavy (non-hydrogen) atoms. The van der Waals surface area contributed by atoms with Crippen LogP contribution in [-0.4, -0.2) is 42.0 Å². The van der Waals surface area contributed by atoms with Crippen molar-refractivity contribution in [2.75, 3.05) is 32.0 Å². The molecule has 0 unspecified atom stereocenters. The zero-order valence-corrected chi connectivity index (χ0v) is 11.7. The Morgan fingerprint density at radius 3 is 2.78 bits per heavy atom. The van der Waals surface area contributed by atoms with Gasteiger partial charge in [0, 0.05) is 30.7 Å². The summed E-state index contributed by atoms with van der Waals surface area (Å²) >= 11 is 2.08. The van der Waals surface area contributed by atoms with Crippen LogP contribution in [0.25, 0.3) is 0 Å². The van der Waals surface area contributed by atoms with Crippen LogP contribution >= 0.6 is 11.8 Å². The summed E-state index contributed by atoms with van der Waals surface area (Å²) in [4.78, 5) is 2.57. The number of hydrogen-bond acceptors (Lipinski definition) is 3. The summed E-state index contributed by atoms with van der Waals surface area (Å²) in [6, 6.07) is 10.8. The van der Waals surface area contributed by atoms with Gasteiger partial charge in [0.2, 0.25) is 0 Å². The molecule has 1 N–H and O–H groups in total. The molecule has 0 aromatic heterocycles. The molecule has 0 radical (unpaired) electrons. The molecule has 1 fully saturated rings. The van der Waals surface area contributed by atoms with Gasteiger partial charge in [0.25, 0.3) is 0 Å². The van der Waals surface area contributed by atoms with Crippen LogP contribution < -0.4 is 0 Å². The normalized spacial score (nSPS) is 21.1. The lowest BCUT2D eigenvalue weighted by atomic mass is 10.1. The van der Waals surface area contributed by atoms with E-state index in [-0.39, 0.29) is 0 Å². The van der Waals surface area contributed by atoms with Crippen LogP contribution in [0.4, 0.5) is 0 Å². The van der Waals surface area contributed by atoms with Gasteiger partial charge in [-0.05, 0) is 31.4 Å². The molecule has 2 rings (SSSR count). The summed E-state index contributed by atoms with van der Waals surface area (Å²) in [5.41, 5.74) is 1.46. The topological polar surface area (TPSA) is 23.5 Å². The average molecular weight is 265 g/mol. The molecule has 1 heterocycles. The third-order valence-corrected chi connectivity index (χ3v) is 4.70. The Kier molecular flexibility index (Phi) is 6.05. The van der Waals surface area contributed by atoms with Crippen LogP contribution in [-0.2, 0) is 0 Å². The third-order valence-electron chi connectivity index (χ3n) is 3.45. The summed E-state index contributed by atoms with van der Waals surface area (Å²) in [6.45, 7) is 3.91. The summed E-state index contributed by atoms with van der Waals surface area (Å²) in [7, 11) is 0. The van der Waals surface area contributed by atoms with Crippen molar-refractivity contribution in [2.24, 2.45) is 0 Å². The molecule has 0 spiro atoms. The van der Waals surface area contributed by atoms with Gasteiger partial charge in [-0.25, -0.2) is 0 Å². The first-order chi connectivity index (χ1) is 8.90. The van der Waals surface area contributed by atoms with E-state index in [1.807, 2.05) is 0 Å². The minimum absolute atomic E-state index is 0.336. The van der Waals surface area contributed by atoms with Gasteiger partial charge >= 0.3 is 0 Å². The molecule has 1 aliphatic rings. The van der Waals surface area contributed by atoms with Gasteiger partial charge in [-0.3, -0.25) is 0 Å². The van der Waals surface area contributed by atoms with E-state index < -0.39 is 0 Å². The predicted octanol–water partition coefficient (Wildman–Crippen LogP) is 2.94. The molecule has 2 nitrogen and oxygen atoms in total. The van der Waals surface area contributed by atoms with Crippen molar-refractivity contribution >= 4 is 11.8 Å². The molecule has 3 heteroatoms. The number of benzene rings is 1. The fraction of sp³-hybridized carbons (Fsp3) is 0.600. The third kappa shape index (κ3) is 4.30. The average Bonchev–Trinajstić information content (AvgIpc) is 2.45. The second-order valence-electron chi connectivity index (χ2n) is 4.85. The van der Waals surface area contributed by atoms with Crippen molar-refractivity contribution in [2.45, 2.75) is 24.5 Å². The second-order valence-corrected chi connectivity index (χ2v) is 6.17. The molecule has 0 aliphatic carbocycles. The van der Waals surface area contributed by atoms with Crippen LogP contribution in [0.1, 0.15) is 30.1 Å². The molecule has 1 aromatic rings. The van der Waals surface area contributed by atoms with Gasteiger partial charge in [-0.1, -0.05) is 30.3 Å². The Labute approximate surface area is 114 Å². The molecule has 1 atom stereocenters. The zero-order valence-electron chi connectivity index (χ0n) is 10.9. The molecule has 0 amide bonds. The fourth-order valence-corrected chi connectivity index (χ4v) is 3.71. The summed E-state index contributed by atoms with van der Waals surface area (Å²) < 4.78 is 0. The lowest BCUT2D eigenvalue weighted by molar-refractivity contribution is 0.257. The Bertz CT molecular complexity index is 331. The SMILES string of the molecule is OCCCCCN1CCS[C@H](c2ccccc2)C1. The van der Waals surface area contributed by atoms with E-state index >= 15 is 0 Å². The predicted molar refractivity (Wildman–Crippen MR) is 79.0 cm³/mol. The van der Waals surface area contributed by atoms with E-state index in [9.17, 15) is 0 Å². The number of rotatable bonds is 6. The highest BCUT2D eigenvalue weighted by Gasteiger charge is 2.20. The summed E-state index contributed by atoms with van der Waals surface area (Å²) in [6.07, 6.45) is 3.31. The largest absolute Gasteiger partial charge is 0.396 e. The minimum atomic E-state index is 0.336. The molecular weight excluding hydrogens is 242 g/mol. The van der Waals surface area contributed by atoms with Gasteiger partial charge in [0.05, 0.1) is 0 Å². The van der Waals surface area contributed by atoms with Crippen LogP contribution in [0.3, 0.4) is 0 Å². The first-order valence-electron chi connectivity index (χ1n) is 6.90. The van der Waals surface area contributed by atoms with E-state index in [0.29, 0.717) is 11.9 Å². The number of nitrogens with zero attached hydrogens (tertiary/aromatic N) is 1. The molecule has 1 saturated heterocycles. The maximum Gasteiger partial charge on any atom is 0.0431 e. The fourth-order valence-electron chi connectivity index (χ4n) is 2.40. The van der Waals surface area contributed by atoms with E-state index in [1.165, 1.54) is 37.4 Å². The number of aliphatic hydroxyl groups excluding tert-OH is 1. The monoisotopic (exact) mass is 265 g/mol. The maximum atomic E-state index is 8.78. The number of hydrogen-bond donors (Lipinski definition) is 1. The maximum absolute atomic E-state index is 8.78. The Morgan fingerprint density at radius 2 is 2.00 bits per heavy atom. The van der Waals surface area contributed by atoms with Crippen molar-refractivity contribution < 1.29 is 5.11 Å². The second kappa shape index (κ2) is 7.82. The van der Waals surface area contributed by atoms with Crippen molar-refractivity contribution in [3.8, 4) is 0 Å². The molecule has 1 aromatic carbocycles. The van der Waals surface area contributed by atoms with Crippen LogP contribution in [0, 0.1) is 0 Å². The number of unbranched alkanes of at least 4 members (excludes halogenated alkanes) is 2. The van der Waals surface area contributed by atoms with E-state index in [4.69, 9.17) is 5.11 Å². The van der Waals surface area contributed by atoms with Crippen molar-refractivity contribution in [3.63, 3.8) is 0 Å². The molecule has 0 saturated carbocycles. The van der Waals surface area contributed by atoms with Gasteiger partial charge in [0.15, 0.2) is 0 Å². The van der Waals surface area contributed by atoms with E-state index in [1.54, 1.807) is 0 Å². The highest BCUT2D eigenvalue weighted by atomic mass is 32.2. The summed E-state index contributed by atoms with van der Waals surface area (Å²) in [5, 5.41) is 9.41. The van der Waals surface area contributed by atoms with Crippen molar-refractivity contribution in [1.82, 2.24) is 4.90 Å². The molecule has 100 valence electrons. The van der Waals surface area contributed by atoms with Gasteiger partial charge in [0.1, 0.15) is 0 Å². The Hall–Kier alpha value is -0.510.